The molecule has 1 saturated heterocycles. The van der Waals surface area contributed by atoms with E-state index in [4.69, 9.17) is 9.84 Å². The van der Waals surface area contributed by atoms with Gasteiger partial charge in [0.25, 0.3) is 0 Å². The second-order valence-corrected chi connectivity index (χ2v) is 12.0. The minimum absolute atomic E-state index is 0.0325. The number of likely N-dealkylation sites (tertiary alicyclic amines) is 1. The summed E-state index contributed by atoms with van der Waals surface area (Å²) in [6, 6.07) is 8.90. The van der Waals surface area contributed by atoms with E-state index in [1.165, 1.54) is 6.07 Å². The molecule has 1 aliphatic rings. The van der Waals surface area contributed by atoms with Gasteiger partial charge in [0.05, 0.1) is 22.9 Å². The maximum Gasteiger partial charge on any atom is 0.407 e. The molecule has 3 heterocycles. The highest BCUT2D eigenvalue weighted by molar-refractivity contribution is 6.00. The van der Waals surface area contributed by atoms with Gasteiger partial charge in [-0.05, 0) is 57.4 Å². The Morgan fingerprint density at radius 3 is 2.47 bits per heavy atom. The van der Waals surface area contributed by atoms with Crippen LogP contribution in [0.15, 0.2) is 36.5 Å². The number of ether oxygens (including phenoxy) is 1. The number of carbonyl (C=O) groups excluding carboxylic acids is 3. The molecule has 11 nitrogen and oxygen atoms in total. The maximum atomic E-state index is 15.6. The molecule has 3 amide bonds. The van der Waals surface area contributed by atoms with Crippen LogP contribution in [0.1, 0.15) is 52.1 Å². The smallest absolute Gasteiger partial charge is 0.407 e. The molecule has 2 aromatic heterocycles. The summed E-state index contributed by atoms with van der Waals surface area (Å²) in [5, 5.41) is 16.1. The third kappa shape index (κ3) is 6.63. The molecule has 2 aromatic carbocycles. The number of nitrogens with zero attached hydrogens (tertiary/aromatic N) is 5. The molecule has 0 bridgehead atoms. The zero-order valence-electron chi connectivity index (χ0n) is 25.2. The van der Waals surface area contributed by atoms with Crippen LogP contribution in [0.5, 0.6) is 0 Å². The third-order valence-electron chi connectivity index (χ3n) is 7.67. The van der Waals surface area contributed by atoms with Gasteiger partial charge in [-0.25, -0.2) is 9.18 Å². The Labute approximate surface area is 249 Å². The van der Waals surface area contributed by atoms with Crippen molar-refractivity contribution < 1.29 is 23.5 Å². The van der Waals surface area contributed by atoms with Crippen LogP contribution in [0.4, 0.5) is 9.18 Å². The summed E-state index contributed by atoms with van der Waals surface area (Å²) >= 11 is 0. The monoisotopic (exact) mass is 591 g/mol. The average Bonchev–Trinajstić information content (AvgIpc) is 3.49. The molecule has 0 atom stereocenters. The Kier molecular flexibility index (Phi) is 8.38. The number of carbonyl (C=O) groups is 3. The number of benzene rings is 2. The van der Waals surface area contributed by atoms with E-state index < -0.39 is 11.7 Å². The molecule has 0 radical (unpaired) electrons. The van der Waals surface area contributed by atoms with Gasteiger partial charge in [-0.1, -0.05) is 12.1 Å². The summed E-state index contributed by atoms with van der Waals surface area (Å²) in [4.78, 5) is 38.6. The first-order chi connectivity index (χ1) is 20.4. The molecule has 5 rings (SSSR count). The van der Waals surface area contributed by atoms with Gasteiger partial charge in [0, 0.05) is 62.4 Å². The molecule has 0 spiro atoms. The molecule has 1 aliphatic heterocycles. The molecular weight excluding hydrogens is 553 g/mol. The van der Waals surface area contributed by atoms with Gasteiger partial charge in [-0.2, -0.15) is 10.2 Å². The third-order valence-corrected chi connectivity index (χ3v) is 7.67. The van der Waals surface area contributed by atoms with Crippen molar-refractivity contribution in [1.29, 1.82) is 0 Å². The predicted octanol–water partition coefficient (Wildman–Crippen LogP) is 4.10. The topological polar surface area (TPSA) is 123 Å². The number of amides is 3. The fourth-order valence-electron chi connectivity index (χ4n) is 5.61. The van der Waals surface area contributed by atoms with Crippen molar-refractivity contribution in [2.45, 2.75) is 58.6 Å². The lowest BCUT2D eigenvalue weighted by atomic mass is 9.89. The van der Waals surface area contributed by atoms with Crippen LogP contribution < -0.4 is 10.6 Å². The number of aryl methyl sites for hydroxylation is 1. The first-order valence-corrected chi connectivity index (χ1v) is 14.5. The van der Waals surface area contributed by atoms with Crippen molar-refractivity contribution in [2.75, 3.05) is 26.2 Å². The lowest BCUT2D eigenvalue weighted by molar-refractivity contribution is -0.129. The molecule has 0 unspecified atom stereocenters. The van der Waals surface area contributed by atoms with Gasteiger partial charge in [-0.3, -0.25) is 19.0 Å². The fourth-order valence-corrected chi connectivity index (χ4v) is 5.61. The van der Waals surface area contributed by atoms with Crippen molar-refractivity contribution in [3.8, 4) is 11.1 Å². The summed E-state index contributed by atoms with van der Waals surface area (Å²) < 4.78 is 24.2. The van der Waals surface area contributed by atoms with Crippen LogP contribution in [0, 0.1) is 5.82 Å². The van der Waals surface area contributed by atoms with Crippen LogP contribution >= 0.6 is 0 Å². The summed E-state index contributed by atoms with van der Waals surface area (Å²) in [6.07, 6.45) is 2.51. The second kappa shape index (κ2) is 12.0. The Morgan fingerprint density at radius 1 is 1.05 bits per heavy atom. The summed E-state index contributed by atoms with van der Waals surface area (Å²) in [5.41, 5.74) is 2.82. The van der Waals surface area contributed by atoms with Gasteiger partial charge in [0.1, 0.15) is 18.0 Å². The highest BCUT2D eigenvalue weighted by Gasteiger charge is 2.28. The zero-order chi connectivity index (χ0) is 30.9. The summed E-state index contributed by atoms with van der Waals surface area (Å²) in [7, 11) is 1.82. The van der Waals surface area contributed by atoms with Crippen molar-refractivity contribution in [3.63, 3.8) is 0 Å². The normalized spacial score (nSPS) is 14.3. The molecule has 228 valence electrons. The number of hydrogen-bond acceptors (Lipinski definition) is 6. The van der Waals surface area contributed by atoms with Crippen LogP contribution in [0.25, 0.3) is 32.9 Å². The van der Waals surface area contributed by atoms with E-state index in [2.05, 4.69) is 15.7 Å². The van der Waals surface area contributed by atoms with Crippen LogP contribution in [-0.2, 0) is 27.9 Å². The molecule has 0 saturated carbocycles. The van der Waals surface area contributed by atoms with E-state index in [0.29, 0.717) is 48.0 Å². The largest absolute Gasteiger partial charge is 0.444 e. The van der Waals surface area contributed by atoms with Crippen LogP contribution in [-0.4, -0.2) is 74.1 Å². The van der Waals surface area contributed by atoms with Crippen molar-refractivity contribution in [1.82, 2.24) is 35.1 Å². The van der Waals surface area contributed by atoms with E-state index in [1.54, 1.807) is 49.3 Å². The van der Waals surface area contributed by atoms with E-state index in [-0.39, 0.29) is 43.2 Å². The Morgan fingerprint density at radius 2 is 1.77 bits per heavy atom. The number of nitrogens with one attached hydrogen (secondary N) is 2. The number of rotatable bonds is 7. The van der Waals surface area contributed by atoms with Gasteiger partial charge in [0.15, 0.2) is 0 Å². The molecule has 43 heavy (non-hydrogen) atoms. The molecule has 0 aliphatic carbocycles. The minimum atomic E-state index is -0.611. The lowest BCUT2D eigenvalue weighted by Gasteiger charge is -2.30. The van der Waals surface area contributed by atoms with E-state index in [1.807, 2.05) is 30.1 Å². The molecule has 2 N–H and O–H groups in total. The Balaban J connectivity index is 1.44. The number of alkyl carbamates (subject to hydrolysis) is 1. The SMILES string of the molecule is CC(=O)N1CCC(c2nn(CC(=O)NCCNC(=O)OC(C)(C)C)c3cccc(-c4cc5c(cnn5C)cc4F)c23)CC1. The van der Waals surface area contributed by atoms with Crippen molar-refractivity contribution in [3.05, 3.63) is 48.0 Å². The van der Waals surface area contributed by atoms with Crippen molar-refractivity contribution >= 4 is 39.7 Å². The first kappa shape index (κ1) is 30.0. The number of fused-ring (bicyclic) bond motifs is 2. The highest BCUT2D eigenvalue weighted by Crippen LogP contribution is 2.39. The maximum absolute atomic E-state index is 15.6. The lowest BCUT2D eigenvalue weighted by Crippen LogP contribution is -2.38. The van der Waals surface area contributed by atoms with Gasteiger partial charge < -0.3 is 20.3 Å². The number of aromatic nitrogens is 4. The summed E-state index contributed by atoms with van der Waals surface area (Å²) in [5.74, 6) is -0.571. The Hall–Kier alpha value is -4.48. The van der Waals surface area contributed by atoms with E-state index in [9.17, 15) is 14.4 Å². The number of halogens is 1. The van der Waals surface area contributed by atoms with Crippen LogP contribution in [0.3, 0.4) is 0 Å². The first-order valence-electron chi connectivity index (χ1n) is 14.5. The van der Waals surface area contributed by atoms with Crippen molar-refractivity contribution in [2.24, 2.45) is 7.05 Å². The summed E-state index contributed by atoms with van der Waals surface area (Å²) in [6.45, 7) is 8.49. The fraction of sp³-hybridized carbons (Fsp3) is 0.452. The average molecular weight is 592 g/mol. The molecule has 12 heteroatoms. The zero-order valence-corrected chi connectivity index (χ0v) is 25.2. The second-order valence-electron chi connectivity index (χ2n) is 12.0. The highest BCUT2D eigenvalue weighted by atomic mass is 19.1. The van der Waals surface area contributed by atoms with Gasteiger partial charge >= 0.3 is 6.09 Å². The standard InChI is InChI=1S/C31H38FN7O4/c1-19(40)38-13-9-20(10-14-38)29-28-22(23-16-26-21(15-24(23)32)17-35-37(26)5)7-6-8-25(28)39(36-29)18-27(41)33-11-12-34-30(42)43-31(2,3)4/h6-8,15-17,20H,9-14,18H2,1-5H3,(H,33,41)(H,34,42). The number of piperidine rings is 1. The minimum Gasteiger partial charge on any atom is -0.444 e. The number of hydrogen-bond donors (Lipinski definition) is 2. The molecule has 1 fully saturated rings. The molecular formula is C31H38FN7O4. The van der Waals surface area contributed by atoms with E-state index >= 15 is 4.39 Å². The quantitative estimate of drug-likeness (QED) is 0.312. The molecule has 4 aromatic rings. The van der Waals surface area contributed by atoms with Gasteiger partial charge in [-0.15, -0.1) is 0 Å². The van der Waals surface area contributed by atoms with Crippen LogP contribution in [0.2, 0.25) is 0 Å². The van der Waals surface area contributed by atoms with Gasteiger partial charge in [0.2, 0.25) is 11.8 Å². The predicted molar refractivity (Wildman–Crippen MR) is 161 cm³/mol. The Bertz CT molecular complexity index is 1680. The van der Waals surface area contributed by atoms with E-state index in [0.717, 1.165) is 16.6 Å².